The van der Waals surface area contributed by atoms with E-state index in [1.54, 1.807) is 24.3 Å². The number of rotatable bonds is 2. The molecular formula is C18H18N2O4. The van der Waals surface area contributed by atoms with Crippen molar-refractivity contribution in [1.29, 1.82) is 0 Å². The molecule has 2 aromatic carbocycles. The molecule has 0 saturated carbocycles. The Morgan fingerprint density at radius 1 is 0.708 bits per heavy atom. The van der Waals surface area contributed by atoms with E-state index >= 15 is 0 Å². The fourth-order valence-electron chi connectivity index (χ4n) is 3.47. The molecule has 0 spiro atoms. The summed E-state index contributed by atoms with van der Waals surface area (Å²) in [7, 11) is 0. The van der Waals surface area contributed by atoms with Crippen molar-refractivity contribution in [2.24, 2.45) is 0 Å². The van der Waals surface area contributed by atoms with Gasteiger partial charge in [0.1, 0.15) is 0 Å². The van der Waals surface area contributed by atoms with Crippen molar-refractivity contribution in [3.05, 3.63) is 67.8 Å². The minimum atomic E-state index is -0.420. The molecule has 6 heteroatoms. The Hall–Kier alpha value is -2.76. The molecule has 3 rings (SSSR count). The lowest BCUT2D eigenvalue weighted by Gasteiger charge is -2.48. The number of nitro benzene ring substituents is 2. The van der Waals surface area contributed by atoms with Gasteiger partial charge in [-0.1, -0.05) is 27.7 Å². The van der Waals surface area contributed by atoms with Crippen LogP contribution in [-0.4, -0.2) is 9.85 Å². The summed E-state index contributed by atoms with van der Waals surface area (Å²) in [6.07, 6.45) is 0. The second kappa shape index (κ2) is 4.87. The van der Waals surface area contributed by atoms with Crippen molar-refractivity contribution < 1.29 is 9.85 Å². The first-order chi connectivity index (χ1) is 11.1. The molecule has 0 heterocycles. The van der Waals surface area contributed by atoms with Crippen molar-refractivity contribution >= 4 is 11.4 Å². The summed E-state index contributed by atoms with van der Waals surface area (Å²) in [6, 6.07) is 9.71. The molecule has 0 aromatic heterocycles. The Morgan fingerprint density at radius 3 is 1.33 bits per heavy atom. The summed E-state index contributed by atoms with van der Waals surface area (Å²) in [4.78, 5) is 21.5. The summed E-state index contributed by atoms with van der Waals surface area (Å²) in [5.74, 6) is 0. The highest BCUT2D eigenvalue weighted by molar-refractivity contribution is 5.79. The van der Waals surface area contributed by atoms with Gasteiger partial charge in [-0.25, -0.2) is 0 Å². The molecule has 1 aliphatic carbocycles. The number of benzene rings is 2. The van der Waals surface area contributed by atoms with Crippen molar-refractivity contribution in [3.63, 3.8) is 0 Å². The molecule has 0 bridgehead atoms. The topological polar surface area (TPSA) is 86.3 Å². The summed E-state index contributed by atoms with van der Waals surface area (Å²) in [6.45, 7) is 8.10. The summed E-state index contributed by atoms with van der Waals surface area (Å²) >= 11 is 0. The summed E-state index contributed by atoms with van der Waals surface area (Å²) in [5.41, 5.74) is 2.86. The molecular weight excluding hydrogens is 308 g/mol. The Kier molecular flexibility index (Phi) is 3.27. The van der Waals surface area contributed by atoms with Crippen LogP contribution in [-0.2, 0) is 10.8 Å². The highest BCUT2D eigenvalue weighted by Gasteiger charge is 2.46. The van der Waals surface area contributed by atoms with Crippen LogP contribution >= 0.6 is 0 Å². The zero-order valence-electron chi connectivity index (χ0n) is 14.0. The zero-order valence-corrected chi connectivity index (χ0v) is 14.0. The highest BCUT2D eigenvalue weighted by Crippen LogP contribution is 2.54. The molecule has 0 unspecified atom stereocenters. The van der Waals surface area contributed by atoms with Gasteiger partial charge in [-0.05, 0) is 45.2 Å². The maximum atomic E-state index is 11.2. The number of nitrogens with zero attached hydrogens (tertiary/aromatic N) is 2. The van der Waals surface area contributed by atoms with E-state index in [-0.39, 0.29) is 11.4 Å². The van der Waals surface area contributed by atoms with Crippen LogP contribution in [0.25, 0.3) is 11.1 Å². The van der Waals surface area contributed by atoms with Gasteiger partial charge in [-0.15, -0.1) is 0 Å². The molecule has 124 valence electrons. The van der Waals surface area contributed by atoms with Crippen LogP contribution in [0.1, 0.15) is 38.8 Å². The Balaban J connectivity index is 2.37. The lowest BCUT2D eigenvalue weighted by atomic mass is 9.55. The first kappa shape index (κ1) is 16.1. The number of hydrogen-bond acceptors (Lipinski definition) is 4. The summed E-state index contributed by atoms with van der Waals surface area (Å²) in [5, 5.41) is 22.3. The van der Waals surface area contributed by atoms with Crippen molar-refractivity contribution in [1.82, 2.24) is 0 Å². The number of hydrogen-bond donors (Lipinski definition) is 0. The van der Waals surface area contributed by atoms with Gasteiger partial charge in [-0.3, -0.25) is 20.2 Å². The van der Waals surface area contributed by atoms with E-state index in [2.05, 4.69) is 0 Å². The molecule has 24 heavy (non-hydrogen) atoms. The first-order valence-corrected chi connectivity index (χ1v) is 7.65. The lowest BCUT2D eigenvalue weighted by molar-refractivity contribution is -0.385. The van der Waals surface area contributed by atoms with E-state index in [0.29, 0.717) is 0 Å². The highest BCUT2D eigenvalue weighted by atomic mass is 16.6. The van der Waals surface area contributed by atoms with Crippen molar-refractivity contribution in [2.75, 3.05) is 0 Å². The number of fused-ring (bicyclic) bond motifs is 3. The number of non-ortho nitro benzene ring substituents is 2. The largest absolute Gasteiger partial charge is 0.269 e. The van der Waals surface area contributed by atoms with E-state index in [1.165, 1.54) is 12.1 Å². The fourth-order valence-corrected chi connectivity index (χ4v) is 3.47. The Morgan fingerprint density at radius 2 is 1.04 bits per heavy atom. The quantitative estimate of drug-likeness (QED) is 0.589. The van der Waals surface area contributed by atoms with Crippen LogP contribution in [0.3, 0.4) is 0 Å². The molecule has 0 amide bonds. The second-order valence-electron chi connectivity index (χ2n) is 7.22. The molecule has 0 N–H and O–H groups in total. The van der Waals surface area contributed by atoms with E-state index in [1.807, 2.05) is 27.7 Å². The average molecular weight is 326 g/mol. The monoisotopic (exact) mass is 326 g/mol. The normalized spacial score (nSPS) is 16.8. The molecule has 1 aliphatic rings. The van der Waals surface area contributed by atoms with Crippen LogP contribution in [0, 0.1) is 20.2 Å². The molecule has 0 aliphatic heterocycles. The third-order valence-corrected chi connectivity index (χ3v) is 5.63. The molecule has 0 atom stereocenters. The fraction of sp³-hybridized carbons (Fsp3) is 0.333. The van der Waals surface area contributed by atoms with Crippen molar-refractivity contribution in [3.8, 4) is 11.1 Å². The van der Waals surface area contributed by atoms with E-state index in [9.17, 15) is 20.2 Å². The molecule has 0 fully saturated rings. The van der Waals surface area contributed by atoms with E-state index < -0.39 is 20.7 Å². The minimum Gasteiger partial charge on any atom is -0.258 e. The third kappa shape index (κ3) is 2.02. The van der Waals surface area contributed by atoms with Crippen LogP contribution in [0.15, 0.2) is 36.4 Å². The minimum absolute atomic E-state index is 0.0583. The van der Waals surface area contributed by atoms with Gasteiger partial charge in [0.2, 0.25) is 0 Å². The standard InChI is InChI=1S/C18H18N2O4/c1-17(2)15-9-11(19(21)22)5-7-13(15)14-8-6-12(20(23)24)10-16(14)18(17,3)4/h5-10H,1-4H3. The van der Waals surface area contributed by atoms with Crippen LogP contribution < -0.4 is 0 Å². The molecule has 0 radical (unpaired) electrons. The zero-order chi connectivity index (χ0) is 17.9. The summed E-state index contributed by atoms with van der Waals surface area (Å²) < 4.78 is 0. The second-order valence-corrected chi connectivity index (χ2v) is 7.22. The SMILES string of the molecule is CC1(C)c2cc([N+](=O)[O-])ccc2-c2ccc([N+](=O)[O-])cc2C1(C)C. The van der Waals surface area contributed by atoms with Crippen LogP contribution in [0.2, 0.25) is 0 Å². The molecule has 6 nitrogen and oxygen atoms in total. The smallest absolute Gasteiger partial charge is 0.258 e. The lowest BCUT2D eigenvalue weighted by Crippen LogP contribution is -2.43. The first-order valence-electron chi connectivity index (χ1n) is 7.65. The third-order valence-electron chi connectivity index (χ3n) is 5.63. The van der Waals surface area contributed by atoms with Crippen molar-refractivity contribution in [2.45, 2.75) is 38.5 Å². The van der Waals surface area contributed by atoms with Gasteiger partial charge in [-0.2, -0.15) is 0 Å². The van der Waals surface area contributed by atoms with Gasteiger partial charge in [0, 0.05) is 24.3 Å². The maximum absolute atomic E-state index is 11.2. The van der Waals surface area contributed by atoms with E-state index in [0.717, 1.165) is 22.3 Å². The Labute approximate surface area is 139 Å². The maximum Gasteiger partial charge on any atom is 0.269 e. The van der Waals surface area contributed by atoms with Gasteiger partial charge in [0.15, 0.2) is 0 Å². The van der Waals surface area contributed by atoms with Crippen LogP contribution in [0.4, 0.5) is 11.4 Å². The van der Waals surface area contributed by atoms with Crippen LogP contribution in [0.5, 0.6) is 0 Å². The number of nitro groups is 2. The van der Waals surface area contributed by atoms with Gasteiger partial charge in [0.05, 0.1) is 9.85 Å². The Bertz CT molecular complexity index is 811. The molecule has 2 aromatic rings. The average Bonchev–Trinajstić information content (AvgIpc) is 2.52. The van der Waals surface area contributed by atoms with Gasteiger partial charge in [0.25, 0.3) is 11.4 Å². The molecule has 0 saturated heterocycles. The predicted molar refractivity (Wildman–Crippen MR) is 91.2 cm³/mol. The van der Waals surface area contributed by atoms with Gasteiger partial charge < -0.3 is 0 Å². The van der Waals surface area contributed by atoms with Gasteiger partial charge >= 0.3 is 0 Å². The predicted octanol–water partition coefficient (Wildman–Crippen LogP) is 4.74. The van der Waals surface area contributed by atoms with E-state index in [4.69, 9.17) is 0 Å².